The van der Waals surface area contributed by atoms with Crippen LogP contribution in [-0.2, 0) is 14.4 Å². The summed E-state index contributed by atoms with van der Waals surface area (Å²) < 4.78 is 0. The van der Waals surface area contributed by atoms with E-state index in [9.17, 15) is 14.4 Å². The van der Waals surface area contributed by atoms with E-state index in [0.29, 0.717) is 0 Å². The molecule has 1 aliphatic rings. The molecule has 1 rings (SSSR count). The Morgan fingerprint density at radius 2 is 1.86 bits per heavy atom. The summed E-state index contributed by atoms with van der Waals surface area (Å²) in [4.78, 5) is 33.9. The summed E-state index contributed by atoms with van der Waals surface area (Å²) in [5.41, 5.74) is 4.77. The lowest BCUT2D eigenvalue weighted by Crippen LogP contribution is -2.50. The summed E-state index contributed by atoms with van der Waals surface area (Å²) in [6.45, 7) is 0. The van der Waals surface area contributed by atoms with Crippen LogP contribution in [0.25, 0.3) is 0 Å². The molecule has 120 valence electrons. The molecule has 1 fully saturated rings. The van der Waals surface area contributed by atoms with Gasteiger partial charge in [0.1, 0.15) is 6.04 Å². The minimum atomic E-state index is -1.15. The van der Waals surface area contributed by atoms with Gasteiger partial charge in [0.25, 0.3) is 0 Å². The van der Waals surface area contributed by atoms with Crippen LogP contribution in [0.1, 0.15) is 51.4 Å². The van der Waals surface area contributed by atoms with Gasteiger partial charge in [-0.3, -0.25) is 9.59 Å². The zero-order valence-corrected chi connectivity index (χ0v) is 12.5. The second kappa shape index (κ2) is 7.97. The number of primary amides is 1. The molecule has 0 heterocycles. The average Bonchev–Trinajstić information content (AvgIpc) is 2.43. The molecule has 0 aliphatic heterocycles. The van der Waals surface area contributed by atoms with Crippen molar-refractivity contribution in [2.75, 3.05) is 7.05 Å². The zero-order chi connectivity index (χ0) is 15.9. The molecule has 21 heavy (non-hydrogen) atoms. The first kappa shape index (κ1) is 17.4. The van der Waals surface area contributed by atoms with Crippen molar-refractivity contribution in [3.05, 3.63) is 0 Å². The van der Waals surface area contributed by atoms with Crippen LogP contribution in [0.4, 0.5) is 0 Å². The number of hydrogen-bond acceptors (Lipinski definition) is 4. The van der Waals surface area contributed by atoms with Crippen molar-refractivity contribution in [3.63, 3.8) is 0 Å². The molecule has 0 aromatic rings. The Morgan fingerprint density at radius 1 is 1.24 bits per heavy atom. The molecule has 2 amide bonds. The van der Waals surface area contributed by atoms with E-state index in [4.69, 9.17) is 10.8 Å². The molecular weight excluding hydrogens is 274 g/mol. The van der Waals surface area contributed by atoms with Gasteiger partial charge in [0.2, 0.25) is 11.8 Å². The smallest absolute Gasteiger partial charge is 0.326 e. The van der Waals surface area contributed by atoms with Gasteiger partial charge in [-0.25, -0.2) is 4.79 Å². The summed E-state index contributed by atoms with van der Waals surface area (Å²) in [5, 5.41) is 14.8. The third kappa shape index (κ3) is 5.71. The molecule has 1 aliphatic carbocycles. The lowest BCUT2D eigenvalue weighted by molar-refractivity contribution is -0.142. The van der Waals surface area contributed by atoms with Crippen LogP contribution in [0.5, 0.6) is 0 Å². The number of carboxylic acid groups (broad SMARTS) is 1. The Hall–Kier alpha value is -1.63. The van der Waals surface area contributed by atoms with Gasteiger partial charge in [-0.2, -0.15) is 0 Å². The third-order valence-electron chi connectivity index (χ3n) is 4.15. The molecule has 1 atom stereocenters. The van der Waals surface area contributed by atoms with Gasteiger partial charge in [0.15, 0.2) is 0 Å². The fourth-order valence-electron chi connectivity index (χ4n) is 2.84. The van der Waals surface area contributed by atoms with Crippen LogP contribution in [0, 0.1) is 0 Å². The van der Waals surface area contributed by atoms with Crippen molar-refractivity contribution in [2.45, 2.75) is 62.9 Å². The molecule has 0 saturated heterocycles. The predicted octanol–water partition coefficient (Wildman–Crippen LogP) is 0.134. The van der Waals surface area contributed by atoms with Gasteiger partial charge < -0.3 is 21.5 Å². The number of aliphatic carboxylic acids is 1. The van der Waals surface area contributed by atoms with E-state index in [1.165, 1.54) is 6.42 Å². The number of carboxylic acids is 1. The van der Waals surface area contributed by atoms with Crippen LogP contribution in [0.15, 0.2) is 0 Å². The standard InChI is InChI=1S/C14H25N3O4/c1-16-14(7-3-2-4-8-14)9-12(19)17-10(13(20)21)5-6-11(15)18/h10,16H,2-9H2,1H3,(H2,15,18)(H,17,19)(H,20,21). The van der Waals surface area contributed by atoms with Gasteiger partial charge in [0, 0.05) is 18.4 Å². The number of rotatable bonds is 8. The van der Waals surface area contributed by atoms with E-state index in [2.05, 4.69) is 10.6 Å². The Balaban J connectivity index is 2.56. The predicted molar refractivity (Wildman–Crippen MR) is 77.5 cm³/mol. The number of carbonyl (C=O) groups is 3. The molecule has 0 radical (unpaired) electrons. The maximum Gasteiger partial charge on any atom is 0.326 e. The molecule has 7 heteroatoms. The van der Waals surface area contributed by atoms with Crippen molar-refractivity contribution >= 4 is 17.8 Å². The van der Waals surface area contributed by atoms with Gasteiger partial charge >= 0.3 is 5.97 Å². The lowest BCUT2D eigenvalue weighted by atomic mass is 9.79. The first-order valence-corrected chi connectivity index (χ1v) is 7.38. The third-order valence-corrected chi connectivity index (χ3v) is 4.15. The molecule has 0 aromatic heterocycles. The number of nitrogens with one attached hydrogen (secondary N) is 2. The van der Waals surface area contributed by atoms with Crippen LogP contribution in [0.2, 0.25) is 0 Å². The van der Waals surface area contributed by atoms with E-state index < -0.39 is 17.9 Å². The average molecular weight is 299 g/mol. The highest BCUT2D eigenvalue weighted by Gasteiger charge is 2.33. The number of carbonyl (C=O) groups excluding carboxylic acids is 2. The summed E-state index contributed by atoms with van der Waals surface area (Å²) in [6, 6.07) is -1.07. The first-order valence-electron chi connectivity index (χ1n) is 7.38. The van der Waals surface area contributed by atoms with Crippen molar-refractivity contribution in [3.8, 4) is 0 Å². The molecule has 0 aromatic carbocycles. The second-order valence-corrected chi connectivity index (χ2v) is 5.73. The van der Waals surface area contributed by atoms with Crippen LogP contribution < -0.4 is 16.4 Å². The molecule has 0 bridgehead atoms. The van der Waals surface area contributed by atoms with Gasteiger partial charge in [-0.15, -0.1) is 0 Å². The minimum Gasteiger partial charge on any atom is -0.480 e. The van der Waals surface area contributed by atoms with Crippen molar-refractivity contribution in [1.29, 1.82) is 0 Å². The van der Waals surface area contributed by atoms with Crippen molar-refractivity contribution in [2.24, 2.45) is 5.73 Å². The maximum atomic E-state index is 12.1. The van der Waals surface area contributed by atoms with Crippen molar-refractivity contribution < 1.29 is 19.5 Å². The van der Waals surface area contributed by atoms with E-state index in [0.717, 1.165) is 25.7 Å². The molecule has 1 saturated carbocycles. The zero-order valence-electron chi connectivity index (χ0n) is 12.5. The Kier molecular flexibility index (Phi) is 6.61. The quantitative estimate of drug-likeness (QED) is 0.507. The Morgan fingerprint density at radius 3 is 2.33 bits per heavy atom. The molecule has 1 unspecified atom stereocenters. The molecule has 0 spiro atoms. The largest absolute Gasteiger partial charge is 0.480 e. The highest BCUT2D eigenvalue weighted by Crippen LogP contribution is 2.30. The monoisotopic (exact) mass is 299 g/mol. The van der Waals surface area contributed by atoms with Crippen LogP contribution in [-0.4, -0.2) is 41.5 Å². The van der Waals surface area contributed by atoms with Crippen LogP contribution >= 0.6 is 0 Å². The number of nitrogens with two attached hydrogens (primary N) is 1. The summed E-state index contributed by atoms with van der Waals surface area (Å²) >= 11 is 0. The topological polar surface area (TPSA) is 122 Å². The minimum absolute atomic E-state index is 0.0168. The SMILES string of the molecule is CNC1(CC(=O)NC(CCC(N)=O)C(=O)O)CCCCC1. The summed E-state index contributed by atoms with van der Waals surface area (Å²) in [7, 11) is 1.83. The fraction of sp³-hybridized carbons (Fsp3) is 0.786. The van der Waals surface area contributed by atoms with E-state index in [1.807, 2.05) is 7.05 Å². The normalized spacial score (nSPS) is 18.7. The molecular formula is C14H25N3O4. The number of hydrogen-bond donors (Lipinski definition) is 4. The van der Waals surface area contributed by atoms with Crippen LogP contribution in [0.3, 0.4) is 0 Å². The highest BCUT2D eigenvalue weighted by molar-refractivity contribution is 5.84. The Labute approximate surface area is 124 Å². The number of amides is 2. The van der Waals surface area contributed by atoms with E-state index in [1.54, 1.807) is 0 Å². The molecule has 7 nitrogen and oxygen atoms in total. The van der Waals surface area contributed by atoms with Gasteiger partial charge in [-0.1, -0.05) is 19.3 Å². The summed E-state index contributed by atoms with van der Waals surface area (Å²) in [5.74, 6) is -2.02. The lowest BCUT2D eigenvalue weighted by Gasteiger charge is -2.36. The fourth-order valence-corrected chi connectivity index (χ4v) is 2.84. The first-order chi connectivity index (χ1) is 9.88. The summed E-state index contributed by atoms with van der Waals surface area (Å²) in [6.07, 6.45) is 5.34. The van der Waals surface area contributed by atoms with E-state index in [-0.39, 0.29) is 30.7 Å². The van der Waals surface area contributed by atoms with Crippen molar-refractivity contribution in [1.82, 2.24) is 10.6 Å². The van der Waals surface area contributed by atoms with Gasteiger partial charge in [-0.05, 0) is 26.3 Å². The maximum absolute atomic E-state index is 12.1. The molecule has 5 N–H and O–H groups in total. The van der Waals surface area contributed by atoms with Gasteiger partial charge in [0.05, 0.1) is 0 Å². The highest BCUT2D eigenvalue weighted by atomic mass is 16.4. The second-order valence-electron chi connectivity index (χ2n) is 5.73. The Bertz CT molecular complexity index is 392. The van der Waals surface area contributed by atoms with E-state index >= 15 is 0 Å².